The first-order chi connectivity index (χ1) is 19.2. The van der Waals surface area contributed by atoms with E-state index in [0.29, 0.717) is 5.02 Å². The highest BCUT2D eigenvalue weighted by molar-refractivity contribution is 7.92. The first-order valence-corrected chi connectivity index (χ1v) is 16.0. The molecule has 12 nitrogen and oxygen atoms in total. The number of carbonyl (C=O) groups excluding carboxylic acids is 1. The molecule has 1 amide bonds. The number of nitrogens with one attached hydrogen (secondary N) is 1. The number of benzene rings is 2. The minimum atomic E-state index is -4.00. The number of rotatable bonds is 9. The summed E-state index contributed by atoms with van der Waals surface area (Å²) in [6.45, 7) is 3.31. The predicted octanol–water partition coefficient (Wildman–Crippen LogP) is 2.42. The van der Waals surface area contributed by atoms with Crippen LogP contribution in [-0.2, 0) is 27.1 Å². The van der Waals surface area contributed by atoms with Gasteiger partial charge in [-0.3, -0.25) is 9.52 Å². The molecule has 2 N–H and O–H groups in total. The van der Waals surface area contributed by atoms with Crippen molar-refractivity contribution in [1.29, 1.82) is 0 Å². The fraction of sp³-hybridized carbons (Fsp3) is 0.385. The Morgan fingerprint density at radius 3 is 2.49 bits per heavy atom. The first-order valence-electron chi connectivity index (χ1n) is 12.7. The summed E-state index contributed by atoms with van der Waals surface area (Å²) < 4.78 is 63.6. The molecule has 2 aromatic carbocycles. The van der Waals surface area contributed by atoms with Gasteiger partial charge in [-0.1, -0.05) is 18.5 Å². The maximum Gasteiger partial charge on any atom is 0.261 e. The summed E-state index contributed by atoms with van der Waals surface area (Å²) in [6, 6.07) is 9.34. The van der Waals surface area contributed by atoms with E-state index in [0.717, 1.165) is 4.31 Å². The molecule has 0 saturated carbocycles. The molecular weight excluding hydrogens is 594 g/mol. The Labute approximate surface area is 244 Å². The van der Waals surface area contributed by atoms with Gasteiger partial charge in [0.05, 0.1) is 36.0 Å². The number of aromatic nitrogens is 2. The maximum atomic E-state index is 13.7. The van der Waals surface area contributed by atoms with Gasteiger partial charge >= 0.3 is 0 Å². The van der Waals surface area contributed by atoms with E-state index in [1.165, 1.54) is 71.5 Å². The Kier molecular flexibility index (Phi) is 8.99. The average Bonchev–Trinajstić information content (AvgIpc) is 3.37. The maximum absolute atomic E-state index is 13.7. The SMILES string of the molecule is C[C@@H]1CN([C@@H](C)CO)C(=O)c2cc(NS(=O)(=O)c3ccc(Cl)cc3)ccc2O[C@@H]1CN(C)S(=O)(=O)c1cn(C)cn1. The third-order valence-electron chi connectivity index (χ3n) is 6.83. The fourth-order valence-corrected chi connectivity index (χ4v) is 6.68. The second-order valence-electron chi connectivity index (χ2n) is 10.1. The number of carbonyl (C=O) groups is 1. The van der Waals surface area contributed by atoms with Crippen LogP contribution in [0.2, 0.25) is 5.02 Å². The number of imidazole rings is 1. The first kappa shape index (κ1) is 30.8. The Hall–Kier alpha value is -3.17. The molecular formula is C26H32ClN5O7S2. The number of halogens is 1. The van der Waals surface area contributed by atoms with Gasteiger partial charge in [-0.15, -0.1) is 0 Å². The van der Waals surface area contributed by atoms with Crippen LogP contribution in [0.25, 0.3) is 0 Å². The molecule has 0 spiro atoms. The van der Waals surface area contributed by atoms with Crippen LogP contribution in [0.1, 0.15) is 24.2 Å². The molecule has 1 aliphatic heterocycles. The normalized spacial score (nSPS) is 18.8. The number of anilines is 1. The smallest absolute Gasteiger partial charge is 0.261 e. The highest BCUT2D eigenvalue weighted by atomic mass is 35.5. The predicted molar refractivity (Wildman–Crippen MR) is 153 cm³/mol. The monoisotopic (exact) mass is 625 g/mol. The van der Waals surface area contributed by atoms with E-state index in [1.54, 1.807) is 14.0 Å². The van der Waals surface area contributed by atoms with Gasteiger partial charge in [-0.2, -0.15) is 4.31 Å². The minimum Gasteiger partial charge on any atom is -0.488 e. The van der Waals surface area contributed by atoms with Crippen LogP contribution in [0, 0.1) is 5.92 Å². The summed E-state index contributed by atoms with van der Waals surface area (Å²) in [4.78, 5) is 19.1. The van der Waals surface area contributed by atoms with Crippen LogP contribution in [0.15, 0.2) is 64.9 Å². The standard InChI is InChI=1S/C26H32ClN5O7S2/c1-17-12-32(18(2)15-33)26(34)22-11-20(29-40(35,36)21-8-5-19(27)6-9-21)7-10-23(22)39-24(17)13-31(4)41(37,38)25-14-30(3)16-28-25/h5-11,14,16-18,24,29,33H,12-13,15H2,1-4H3/t17-,18+,24-/m1/s1. The number of ether oxygens (including phenoxy) is 1. The molecule has 222 valence electrons. The molecule has 0 saturated heterocycles. The molecule has 0 aliphatic carbocycles. The van der Waals surface area contributed by atoms with Crippen LogP contribution in [0.4, 0.5) is 5.69 Å². The molecule has 0 radical (unpaired) electrons. The van der Waals surface area contributed by atoms with Gasteiger partial charge in [0.2, 0.25) is 0 Å². The van der Waals surface area contributed by atoms with E-state index < -0.39 is 38.1 Å². The highest BCUT2D eigenvalue weighted by Gasteiger charge is 2.36. The van der Waals surface area contributed by atoms with Crippen LogP contribution < -0.4 is 9.46 Å². The van der Waals surface area contributed by atoms with Crippen LogP contribution in [0.5, 0.6) is 5.75 Å². The number of hydrogen-bond donors (Lipinski definition) is 2. The van der Waals surface area contributed by atoms with E-state index in [9.17, 15) is 26.7 Å². The van der Waals surface area contributed by atoms with Crippen molar-refractivity contribution in [3.05, 3.63) is 65.6 Å². The van der Waals surface area contributed by atoms with E-state index in [4.69, 9.17) is 16.3 Å². The molecule has 2 heterocycles. The van der Waals surface area contributed by atoms with E-state index in [2.05, 4.69) is 9.71 Å². The summed E-state index contributed by atoms with van der Waals surface area (Å²) in [5, 5.41) is 10.2. The van der Waals surface area contributed by atoms with Gasteiger partial charge in [-0.05, 0) is 49.4 Å². The lowest BCUT2D eigenvalue weighted by Crippen LogP contribution is -2.50. The molecule has 4 rings (SSSR count). The summed E-state index contributed by atoms with van der Waals surface area (Å²) in [7, 11) is -4.83. The fourth-order valence-electron chi connectivity index (χ4n) is 4.37. The quantitative estimate of drug-likeness (QED) is 0.368. The summed E-state index contributed by atoms with van der Waals surface area (Å²) in [6.07, 6.45) is 2.10. The molecule has 0 fully saturated rings. The second-order valence-corrected chi connectivity index (χ2v) is 14.2. The van der Waals surface area contributed by atoms with Gasteiger partial charge in [0.1, 0.15) is 11.9 Å². The Morgan fingerprint density at radius 1 is 1.20 bits per heavy atom. The molecule has 1 aliphatic rings. The van der Waals surface area contributed by atoms with Crippen molar-refractivity contribution in [1.82, 2.24) is 18.8 Å². The lowest BCUT2D eigenvalue weighted by molar-refractivity contribution is 0.0387. The number of aliphatic hydroxyl groups is 1. The van der Waals surface area contributed by atoms with E-state index >= 15 is 0 Å². The molecule has 1 aromatic heterocycles. The van der Waals surface area contributed by atoms with E-state index in [-0.39, 0.29) is 52.5 Å². The zero-order chi connectivity index (χ0) is 30.1. The van der Waals surface area contributed by atoms with E-state index in [1.807, 2.05) is 6.92 Å². The van der Waals surface area contributed by atoms with Crippen LogP contribution >= 0.6 is 11.6 Å². The highest BCUT2D eigenvalue weighted by Crippen LogP contribution is 2.32. The summed E-state index contributed by atoms with van der Waals surface area (Å²) in [5.41, 5.74) is 0.181. The zero-order valence-electron chi connectivity index (χ0n) is 22.9. The van der Waals surface area contributed by atoms with Crippen LogP contribution in [-0.4, -0.2) is 85.5 Å². The van der Waals surface area contributed by atoms with Crippen molar-refractivity contribution >= 4 is 43.2 Å². The zero-order valence-corrected chi connectivity index (χ0v) is 25.3. The van der Waals surface area contributed by atoms with Gasteiger partial charge in [0.25, 0.3) is 26.0 Å². The minimum absolute atomic E-state index is 0.0159. The number of fused-ring (bicyclic) bond motifs is 1. The molecule has 0 unspecified atom stereocenters. The largest absolute Gasteiger partial charge is 0.488 e. The topological polar surface area (TPSA) is 151 Å². The number of aryl methyl sites for hydroxylation is 1. The van der Waals surface area contributed by atoms with Gasteiger partial charge < -0.3 is 19.3 Å². The number of sulfonamides is 2. The molecule has 3 atom stereocenters. The van der Waals surface area contributed by atoms with Crippen molar-refractivity contribution in [3.8, 4) is 5.75 Å². The molecule has 15 heteroatoms. The number of hydrogen-bond acceptors (Lipinski definition) is 8. The summed E-state index contributed by atoms with van der Waals surface area (Å²) in [5.74, 6) is -0.654. The van der Waals surface area contributed by atoms with Gasteiger partial charge in [0, 0.05) is 43.5 Å². The molecule has 3 aromatic rings. The average molecular weight is 626 g/mol. The number of likely N-dealkylation sites (N-methyl/N-ethyl adjacent to an activating group) is 1. The number of aliphatic hydroxyl groups excluding tert-OH is 1. The lowest BCUT2D eigenvalue weighted by Gasteiger charge is -2.38. The Bertz CT molecular complexity index is 1630. The van der Waals surface area contributed by atoms with Crippen molar-refractivity contribution < 1.29 is 31.5 Å². The Morgan fingerprint density at radius 2 is 1.88 bits per heavy atom. The molecule has 41 heavy (non-hydrogen) atoms. The van der Waals surface area contributed by atoms with Crippen molar-refractivity contribution in [3.63, 3.8) is 0 Å². The van der Waals surface area contributed by atoms with Crippen LogP contribution in [0.3, 0.4) is 0 Å². The lowest BCUT2D eigenvalue weighted by atomic mass is 9.99. The second kappa shape index (κ2) is 12.0. The number of amides is 1. The third kappa shape index (κ3) is 6.67. The Balaban J connectivity index is 1.68. The van der Waals surface area contributed by atoms with Crippen molar-refractivity contribution in [2.45, 2.75) is 35.9 Å². The van der Waals surface area contributed by atoms with Crippen molar-refractivity contribution in [2.75, 3.05) is 31.5 Å². The van der Waals surface area contributed by atoms with Gasteiger partial charge in [-0.25, -0.2) is 21.8 Å². The molecule has 0 bridgehead atoms. The third-order valence-corrected chi connectivity index (χ3v) is 10.2. The van der Waals surface area contributed by atoms with Gasteiger partial charge in [0.15, 0.2) is 5.03 Å². The van der Waals surface area contributed by atoms with Crippen molar-refractivity contribution in [2.24, 2.45) is 13.0 Å². The summed E-state index contributed by atoms with van der Waals surface area (Å²) >= 11 is 5.88. The number of nitrogens with zero attached hydrogens (tertiary/aromatic N) is 4.